The minimum absolute atomic E-state index is 0.679. The molecule has 0 fully saturated rings. The molecule has 0 aromatic carbocycles. The Hall–Kier alpha value is 0.407. The van der Waals surface area contributed by atoms with Crippen molar-refractivity contribution in [2.45, 2.75) is 103 Å². The number of hydrogen-bond donors (Lipinski definition) is 1. The Bertz CT molecular complexity index is 317. The number of rotatable bonds is 23. The van der Waals surface area contributed by atoms with Crippen molar-refractivity contribution in [3.8, 4) is 0 Å². The molecule has 176 valence electrons. The average Bonchev–Trinajstić information content (AvgIpc) is 2.70. The van der Waals surface area contributed by atoms with Crippen LogP contribution in [0.1, 0.15) is 97.3 Å². The second-order valence-corrected chi connectivity index (χ2v) is 11.6. The van der Waals surface area contributed by atoms with E-state index in [0.717, 1.165) is 50.8 Å². The third-order valence-electron chi connectivity index (χ3n) is 5.14. The van der Waals surface area contributed by atoms with Gasteiger partial charge in [-0.1, -0.05) is 78.1 Å². The lowest BCUT2D eigenvalue weighted by Gasteiger charge is -2.30. The van der Waals surface area contributed by atoms with Gasteiger partial charge in [0.05, 0.1) is 6.61 Å². The molecule has 0 heterocycles. The monoisotopic (exact) mass is 449 g/mol. The number of nitrogens with zero attached hydrogens (tertiary/aromatic N) is 1. The second-order valence-electron chi connectivity index (χ2n) is 8.39. The zero-order chi connectivity index (χ0) is 21.6. The van der Waals surface area contributed by atoms with Crippen LogP contribution in [0.25, 0.3) is 0 Å². The van der Waals surface area contributed by atoms with Gasteiger partial charge in [-0.2, -0.15) is 12.6 Å². The van der Waals surface area contributed by atoms with E-state index in [0.29, 0.717) is 6.61 Å². The number of unbranched alkanes of at least 4 members (excludes halogenated alkanes) is 10. The summed E-state index contributed by atoms with van der Waals surface area (Å²) in [6.07, 6.45) is 16.3. The standard InChI is InChI=1S/C23H51NO3SSi/c1-5-7-9-11-13-15-19-25-29(23-17-22-28,27-21-18-24(3)4)26-20-16-14-12-10-8-6-2/h28H,5-23H2,1-4H3. The number of likely N-dealkylation sites (N-methyl/N-ethyl adjacent to an activating group) is 1. The molecule has 0 bridgehead atoms. The molecule has 29 heavy (non-hydrogen) atoms. The van der Waals surface area contributed by atoms with Crippen molar-refractivity contribution in [1.29, 1.82) is 0 Å². The van der Waals surface area contributed by atoms with Crippen molar-refractivity contribution < 1.29 is 13.3 Å². The summed E-state index contributed by atoms with van der Waals surface area (Å²) >= 11 is 4.42. The van der Waals surface area contributed by atoms with Gasteiger partial charge in [0.2, 0.25) is 0 Å². The van der Waals surface area contributed by atoms with Crippen LogP contribution in [0.15, 0.2) is 0 Å². The van der Waals surface area contributed by atoms with E-state index in [1.54, 1.807) is 0 Å². The summed E-state index contributed by atoms with van der Waals surface area (Å²) in [4.78, 5) is 2.15. The quantitative estimate of drug-likeness (QED) is 0.108. The third kappa shape index (κ3) is 18.9. The summed E-state index contributed by atoms with van der Waals surface area (Å²) in [5.74, 6) is 0.854. The predicted octanol–water partition coefficient (Wildman–Crippen LogP) is 6.58. The molecule has 0 radical (unpaired) electrons. The Morgan fingerprint density at radius 1 is 0.621 bits per heavy atom. The van der Waals surface area contributed by atoms with Crippen molar-refractivity contribution in [2.24, 2.45) is 0 Å². The van der Waals surface area contributed by atoms with Gasteiger partial charge in [-0.25, -0.2) is 0 Å². The van der Waals surface area contributed by atoms with E-state index in [4.69, 9.17) is 13.3 Å². The van der Waals surface area contributed by atoms with Gasteiger partial charge in [0.15, 0.2) is 0 Å². The lowest BCUT2D eigenvalue weighted by molar-refractivity contribution is 0.0523. The van der Waals surface area contributed by atoms with E-state index in [1.807, 2.05) is 0 Å². The maximum absolute atomic E-state index is 6.41. The summed E-state index contributed by atoms with van der Waals surface area (Å²) in [5.41, 5.74) is 0. The molecule has 0 saturated carbocycles. The van der Waals surface area contributed by atoms with Crippen molar-refractivity contribution in [2.75, 3.05) is 46.2 Å². The Balaban J connectivity index is 4.49. The van der Waals surface area contributed by atoms with Gasteiger partial charge in [-0.15, -0.1) is 0 Å². The van der Waals surface area contributed by atoms with Gasteiger partial charge in [-0.05, 0) is 39.1 Å². The van der Waals surface area contributed by atoms with Crippen LogP contribution in [0, 0.1) is 0 Å². The molecular weight excluding hydrogens is 398 g/mol. The second kappa shape index (κ2) is 21.6. The van der Waals surface area contributed by atoms with Crippen LogP contribution in [0.5, 0.6) is 0 Å². The molecule has 0 N–H and O–H groups in total. The zero-order valence-electron chi connectivity index (χ0n) is 20.1. The van der Waals surface area contributed by atoms with Crippen LogP contribution in [0.3, 0.4) is 0 Å². The molecule has 0 atom stereocenters. The Morgan fingerprint density at radius 2 is 1.07 bits per heavy atom. The van der Waals surface area contributed by atoms with Crippen LogP contribution in [0.4, 0.5) is 0 Å². The fourth-order valence-electron chi connectivity index (χ4n) is 3.24. The summed E-state index contributed by atoms with van der Waals surface area (Å²) < 4.78 is 19.2. The maximum atomic E-state index is 6.41. The maximum Gasteiger partial charge on any atom is 0.501 e. The molecule has 0 aliphatic carbocycles. The summed E-state index contributed by atoms with van der Waals surface area (Å²) in [6.45, 7) is 7.63. The van der Waals surface area contributed by atoms with Crippen LogP contribution < -0.4 is 0 Å². The predicted molar refractivity (Wildman–Crippen MR) is 132 cm³/mol. The van der Waals surface area contributed by atoms with Crippen molar-refractivity contribution in [3.63, 3.8) is 0 Å². The van der Waals surface area contributed by atoms with E-state index in [-0.39, 0.29) is 0 Å². The van der Waals surface area contributed by atoms with Gasteiger partial charge >= 0.3 is 8.80 Å². The van der Waals surface area contributed by atoms with Crippen molar-refractivity contribution in [3.05, 3.63) is 0 Å². The van der Waals surface area contributed by atoms with Gasteiger partial charge in [0, 0.05) is 25.8 Å². The molecule has 0 aliphatic heterocycles. The van der Waals surface area contributed by atoms with E-state index in [2.05, 4.69) is 45.5 Å². The molecule has 0 spiro atoms. The first-order valence-electron chi connectivity index (χ1n) is 12.3. The first-order chi connectivity index (χ1) is 14.1. The van der Waals surface area contributed by atoms with Crippen LogP contribution in [-0.2, 0) is 13.3 Å². The summed E-state index contributed by atoms with van der Waals surface area (Å²) in [7, 11) is 1.55. The van der Waals surface area contributed by atoms with Gasteiger partial charge < -0.3 is 18.2 Å². The Morgan fingerprint density at radius 3 is 1.52 bits per heavy atom. The van der Waals surface area contributed by atoms with Gasteiger partial charge in [0.25, 0.3) is 0 Å². The van der Waals surface area contributed by atoms with Crippen molar-refractivity contribution in [1.82, 2.24) is 4.90 Å². The highest BCUT2D eigenvalue weighted by Crippen LogP contribution is 2.21. The molecule has 4 nitrogen and oxygen atoms in total. The summed E-state index contributed by atoms with van der Waals surface area (Å²) in [5, 5.41) is 0. The normalized spacial score (nSPS) is 12.2. The summed E-state index contributed by atoms with van der Waals surface area (Å²) in [6, 6.07) is 0.885. The van der Waals surface area contributed by atoms with E-state index in [1.165, 1.54) is 64.2 Å². The van der Waals surface area contributed by atoms with E-state index in [9.17, 15) is 0 Å². The molecule has 0 aromatic rings. The number of hydrogen-bond acceptors (Lipinski definition) is 5. The third-order valence-corrected chi connectivity index (χ3v) is 8.36. The highest BCUT2D eigenvalue weighted by Gasteiger charge is 2.40. The highest BCUT2D eigenvalue weighted by molar-refractivity contribution is 7.80. The first-order valence-corrected chi connectivity index (χ1v) is 14.8. The molecular formula is C23H51NO3SSi. The largest absolute Gasteiger partial charge is 0.501 e. The van der Waals surface area contributed by atoms with Crippen LogP contribution >= 0.6 is 12.6 Å². The first kappa shape index (κ1) is 29.4. The lowest BCUT2D eigenvalue weighted by Crippen LogP contribution is -2.47. The minimum atomic E-state index is -2.61. The van der Waals surface area contributed by atoms with Crippen molar-refractivity contribution >= 4 is 21.4 Å². The molecule has 0 aliphatic rings. The molecule has 0 rings (SSSR count). The number of thiol groups is 1. The molecule has 0 amide bonds. The van der Waals surface area contributed by atoms with Crippen LogP contribution in [0.2, 0.25) is 6.04 Å². The smallest absolute Gasteiger partial charge is 0.373 e. The average molecular weight is 450 g/mol. The van der Waals surface area contributed by atoms with Crippen LogP contribution in [-0.4, -0.2) is 59.9 Å². The highest BCUT2D eigenvalue weighted by atomic mass is 32.1. The van der Waals surface area contributed by atoms with E-state index < -0.39 is 8.80 Å². The van der Waals surface area contributed by atoms with E-state index >= 15 is 0 Å². The fraction of sp³-hybridized carbons (Fsp3) is 1.00. The molecule has 0 aromatic heterocycles. The molecule has 0 saturated heterocycles. The molecule has 6 heteroatoms. The zero-order valence-corrected chi connectivity index (χ0v) is 21.9. The topological polar surface area (TPSA) is 30.9 Å². The fourth-order valence-corrected chi connectivity index (χ4v) is 6.30. The Labute approximate surface area is 189 Å². The van der Waals surface area contributed by atoms with Gasteiger partial charge in [0.1, 0.15) is 0 Å². The Kier molecular flexibility index (Phi) is 21.9. The molecule has 0 unspecified atom stereocenters. The SMILES string of the molecule is CCCCCCCCO[Si](CCCS)(OCCCCCCCC)OCCN(C)C. The minimum Gasteiger partial charge on any atom is -0.373 e. The lowest BCUT2D eigenvalue weighted by atomic mass is 10.1. The van der Waals surface area contributed by atoms with Gasteiger partial charge in [-0.3, -0.25) is 0 Å².